The summed E-state index contributed by atoms with van der Waals surface area (Å²) < 4.78 is 5.43. The normalized spacial score (nSPS) is 14.9. The summed E-state index contributed by atoms with van der Waals surface area (Å²) >= 11 is 12.1. The van der Waals surface area contributed by atoms with Crippen molar-refractivity contribution < 1.29 is 9.32 Å². The van der Waals surface area contributed by atoms with Crippen LogP contribution in [0.2, 0.25) is 10.0 Å². The lowest BCUT2D eigenvalue weighted by atomic mass is 10.1. The van der Waals surface area contributed by atoms with E-state index in [1.807, 2.05) is 31.2 Å². The molecule has 8 heteroatoms. The number of piperazine rings is 1. The molecule has 150 valence electrons. The van der Waals surface area contributed by atoms with E-state index in [0.717, 1.165) is 24.2 Å². The van der Waals surface area contributed by atoms with Crippen LogP contribution < -0.4 is 0 Å². The van der Waals surface area contributed by atoms with Crippen molar-refractivity contribution in [1.82, 2.24) is 19.9 Å². The van der Waals surface area contributed by atoms with Crippen LogP contribution in [0.5, 0.6) is 0 Å². The predicted molar refractivity (Wildman–Crippen MR) is 112 cm³/mol. The lowest BCUT2D eigenvalue weighted by Crippen LogP contribution is -2.48. The van der Waals surface area contributed by atoms with Gasteiger partial charge in [0.25, 0.3) is 5.91 Å². The molecule has 0 spiro atoms. The fourth-order valence-corrected chi connectivity index (χ4v) is 3.88. The first-order chi connectivity index (χ1) is 14.0. The number of aryl methyl sites for hydroxylation is 1. The van der Waals surface area contributed by atoms with Gasteiger partial charge in [0, 0.05) is 36.8 Å². The highest BCUT2D eigenvalue weighted by molar-refractivity contribution is 6.36. The molecular weight excluding hydrogens is 411 g/mol. The number of nitrogens with zero attached hydrogens (tertiary/aromatic N) is 4. The number of hydrogen-bond donors (Lipinski definition) is 0. The van der Waals surface area contributed by atoms with Crippen LogP contribution in [0.4, 0.5) is 0 Å². The number of amides is 1. The van der Waals surface area contributed by atoms with Crippen LogP contribution in [0.15, 0.2) is 47.0 Å². The molecule has 0 aliphatic carbocycles. The molecule has 1 saturated heterocycles. The topological polar surface area (TPSA) is 62.5 Å². The maximum absolute atomic E-state index is 12.7. The molecule has 0 unspecified atom stereocenters. The number of rotatable bonds is 4. The van der Waals surface area contributed by atoms with Gasteiger partial charge in [0.2, 0.25) is 11.7 Å². The van der Waals surface area contributed by atoms with Gasteiger partial charge in [-0.15, -0.1) is 0 Å². The molecule has 29 heavy (non-hydrogen) atoms. The molecule has 0 radical (unpaired) electrons. The maximum atomic E-state index is 12.7. The monoisotopic (exact) mass is 430 g/mol. The Balaban J connectivity index is 1.36. The number of aromatic nitrogens is 2. The van der Waals surface area contributed by atoms with Crippen molar-refractivity contribution in [2.24, 2.45) is 0 Å². The summed E-state index contributed by atoms with van der Waals surface area (Å²) in [6, 6.07) is 12.9. The molecule has 6 nitrogen and oxygen atoms in total. The van der Waals surface area contributed by atoms with Crippen molar-refractivity contribution in [3.05, 3.63) is 69.5 Å². The predicted octanol–water partition coefficient (Wildman–Crippen LogP) is 4.31. The Morgan fingerprint density at radius 3 is 2.59 bits per heavy atom. The van der Waals surface area contributed by atoms with Crippen molar-refractivity contribution in [3.63, 3.8) is 0 Å². The molecule has 1 fully saturated rings. The quantitative estimate of drug-likeness (QED) is 0.616. The Hall–Kier alpha value is -2.41. The average Bonchev–Trinajstić information content (AvgIpc) is 3.17. The summed E-state index contributed by atoms with van der Waals surface area (Å²) in [5.74, 6) is 1.10. The van der Waals surface area contributed by atoms with Gasteiger partial charge >= 0.3 is 0 Å². The molecular formula is C21H20Cl2N4O2. The molecule has 3 aromatic rings. The van der Waals surface area contributed by atoms with E-state index in [4.69, 9.17) is 27.7 Å². The summed E-state index contributed by atoms with van der Waals surface area (Å²) in [5.41, 5.74) is 2.55. The van der Waals surface area contributed by atoms with Crippen LogP contribution in [0.3, 0.4) is 0 Å². The van der Waals surface area contributed by atoms with Crippen LogP contribution in [0, 0.1) is 6.92 Å². The zero-order valence-electron chi connectivity index (χ0n) is 15.9. The smallest absolute Gasteiger partial charge is 0.255 e. The Kier molecular flexibility index (Phi) is 5.85. The number of halogens is 2. The summed E-state index contributed by atoms with van der Waals surface area (Å²) in [5, 5.41) is 5.00. The van der Waals surface area contributed by atoms with E-state index in [1.165, 1.54) is 0 Å². The summed E-state index contributed by atoms with van der Waals surface area (Å²) in [7, 11) is 0. The standard InChI is InChI=1S/C21H20Cl2N4O2/c1-14-4-2-3-5-16(14)20-24-19(29-25-20)13-26-8-10-27(11-9-26)21(28)17-7-6-15(22)12-18(17)23/h2-7,12H,8-11,13H2,1H3. The van der Waals surface area contributed by atoms with Crippen molar-refractivity contribution in [1.29, 1.82) is 0 Å². The van der Waals surface area contributed by atoms with Crippen LogP contribution >= 0.6 is 23.2 Å². The van der Waals surface area contributed by atoms with Crippen molar-refractivity contribution in [3.8, 4) is 11.4 Å². The second kappa shape index (κ2) is 8.53. The van der Waals surface area contributed by atoms with Crippen LogP contribution in [0.1, 0.15) is 21.8 Å². The Morgan fingerprint density at radius 1 is 1.10 bits per heavy atom. The number of carbonyl (C=O) groups excluding carboxylic acids is 1. The fraction of sp³-hybridized carbons (Fsp3) is 0.286. The summed E-state index contributed by atoms with van der Waals surface area (Å²) in [4.78, 5) is 21.3. The first kappa shape index (κ1) is 19.9. The molecule has 1 aliphatic heterocycles. The highest BCUT2D eigenvalue weighted by Crippen LogP contribution is 2.23. The van der Waals surface area contributed by atoms with E-state index in [2.05, 4.69) is 15.0 Å². The van der Waals surface area contributed by atoms with E-state index in [1.54, 1.807) is 23.1 Å². The molecule has 0 N–H and O–H groups in total. The van der Waals surface area contributed by atoms with Crippen LogP contribution in [-0.2, 0) is 6.54 Å². The van der Waals surface area contributed by atoms with Crippen LogP contribution in [0.25, 0.3) is 11.4 Å². The molecule has 0 bridgehead atoms. The van der Waals surface area contributed by atoms with E-state index in [-0.39, 0.29) is 5.91 Å². The molecule has 1 aliphatic rings. The van der Waals surface area contributed by atoms with Gasteiger partial charge in [-0.25, -0.2) is 0 Å². The number of hydrogen-bond acceptors (Lipinski definition) is 5. The zero-order chi connectivity index (χ0) is 20.4. The average molecular weight is 431 g/mol. The highest BCUT2D eigenvalue weighted by atomic mass is 35.5. The van der Waals surface area contributed by atoms with E-state index >= 15 is 0 Å². The second-order valence-electron chi connectivity index (χ2n) is 7.02. The maximum Gasteiger partial charge on any atom is 0.255 e. The Labute approximate surface area is 179 Å². The van der Waals surface area contributed by atoms with E-state index < -0.39 is 0 Å². The van der Waals surface area contributed by atoms with Gasteiger partial charge < -0.3 is 9.42 Å². The van der Waals surface area contributed by atoms with E-state index in [0.29, 0.717) is 47.0 Å². The minimum absolute atomic E-state index is 0.0778. The van der Waals surface area contributed by atoms with Gasteiger partial charge in [0.05, 0.1) is 17.1 Å². The molecule has 2 aromatic carbocycles. The Morgan fingerprint density at radius 2 is 1.86 bits per heavy atom. The first-order valence-corrected chi connectivity index (χ1v) is 10.1. The largest absolute Gasteiger partial charge is 0.338 e. The Bertz CT molecular complexity index is 1030. The van der Waals surface area contributed by atoms with Gasteiger partial charge in [0.15, 0.2) is 0 Å². The third-order valence-electron chi connectivity index (χ3n) is 5.03. The van der Waals surface area contributed by atoms with E-state index in [9.17, 15) is 4.79 Å². The lowest BCUT2D eigenvalue weighted by molar-refractivity contribution is 0.0615. The molecule has 0 saturated carbocycles. The molecule has 0 atom stereocenters. The van der Waals surface area contributed by atoms with Gasteiger partial charge in [-0.3, -0.25) is 9.69 Å². The number of carbonyl (C=O) groups is 1. The third-order valence-corrected chi connectivity index (χ3v) is 5.58. The highest BCUT2D eigenvalue weighted by Gasteiger charge is 2.25. The minimum atomic E-state index is -0.0778. The first-order valence-electron chi connectivity index (χ1n) is 9.36. The summed E-state index contributed by atoms with van der Waals surface area (Å²) in [6.45, 7) is 5.24. The SMILES string of the molecule is Cc1ccccc1-c1noc(CN2CCN(C(=O)c3ccc(Cl)cc3Cl)CC2)n1. The van der Waals surface area contributed by atoms with Crippen molar-refractivity contribution >= 4 is 29.1 Å². The molecule has 1 amide bonds. The molecule has 4 rings (SSSR count). The van der Waals surface area contributed by atoms with Gasteiger partial charge in [-0.05, 0) is 30.7 Å². The fourth-order valence-electron chi connectivity index (χ4n) is 3.39. The van der Waals surface area contributed by atoms with Crippen molar-refractivity contribution in [2.75, 3.05) is 26.2 Å². The van der Waals surface area contributed by atoms with Gasteiger partial charge in [-0.2, -0.15) is 4.98 Å². The zero-order valence-corrected chi connectivity index (χ0v) is 17.5. The summed E-state index contributed by atoms with van der Waals surface area (Å²) in [6.07, 6.45) is 0. The molecule has 1 aromatic heterocycles. The van der Waals surface area contributed by atoms with Gasteiger partial charge in [-0.1, -0.05) is 52.6 Å². The van der Waals surface area contributed by atoms with Crippen LogP contribution in [-0.4, -0.2) is 52.0 Å². The number of benzene rings is 2. The minimum Gasteiger partial charge on any atom is -0.338 e. The second-order valence-corrected chi connectivity index (χ2v) is 7.86. The lowest BCUT2D eigenvalue weighted by Gasteiger charge is -2.34. The molecule has 2 heterocycles. The van der Waals surface area contributed by atoms with Gasteiger partial charge in [0.1, 0.15) is 0 Å². The third kappa shape index (κ3) is 4.45. The van der Waals surface area contributed by atoms with Crippen molar-refractivity contribution in [2.45, 2.75) is 13.5 Å².